The van der Waals surface area contributed by atoms with Gasteiger partial charge in [-0.05, 0) is 0 Å². The van der Waals surface area contributed by atoms with E-state index in [4.69, 9.17) is 0 Å². The topological polar surface area (TPSA) is 0 Å². The van der Waals surface area contributed by atoms with Crippen molar-refractivity contribution < 1.29 is 0 Å². The van der Waals surface area contributed by atoms with E-state index in [0.717, 1.165) is 12.8 Å². The van der Waals surface area contributed by atoms with Crippen molar-refractivity contribution in [3.8, 4) is 11.1 Å². The zero-order chi connectivity index (χ0) is 14.2. The Morgan fingerprint density at radius 2 is 1.52 bits per heavy atom. The third-order valence-electron chi connectivity index (χ3n) is 4.62. The van der Waals surface area contributed by atoms with Crippen molar-refractivity contribution in [2.75, 3.05) is 0 Å². The zero-order valence-corrected chi connectivity index (χ0v) is 12.3. The van der Waals surface area contributed by atoms with Gasteiger partial charge in [0.2, 0.25) is 0 Å². The fourth-order valence-corrected chi connectivity index (χ4v) is 3.42. The molecule has 0 heterocycles. The van der Waals surface area contributed by atoms with Crippen molar-refractivity contribution in [2.24, 2.45) is 0 Å². The molecular weight excluding hydrogens is 247 g/mol. The third-order valence-corrected chi connectivity index (χ3v) is 4.62. The van der Waals surface area contributed by atoms with Crippen LogP contribution in [0.2, 0.25) is 0 Å². The van der Waals surface area contributed by atoms with E-state index in [9.17, 15) is 0 Å². The maximum atomic E-state index is 2.31. The SMILES string of the molecule is [Li][c]1c(Cc2ccccc2)ccc2c1Cc1ccccc1-2. The molecule has 1 heteroatoms. The summed E-state index contributed by atoms with van der Waals surface area (Å²) in [5.41, 5.74) is 8.67. The molecule has 0 fully saturated rings. The van der Waals surface area contributed by atoms with Crippen molar-refractivity contribution in [3.63, 3.8) is 0 Å². The summed E-state index contributed by atoms with van der Waals surface area (Å²) in [6.45, 7) is 0. The Hall–Kier alpha value is -1.74. The normalized spacial score (nSPS) is 12.1. The second-order valence-corrected chi connectivity index (χ2v) is 5.87. The van der Waals surface area contributed by atoms with Gasteiger partial charge in [0.15, 0.2) is 0 Å². The van der Waals surface area contributed by atoms with E-state index in [-0.39, 0.29) is 0 Å². The summed E-state index contributed by atoms with van der Waals surface area (Å²) in [6, 6.07) is 24.1. The van der Waals surface area contributed by atoms with Crippen molar-refractivity contribution >= 4 is 22.0 Å². The molecule has 1 aliphatic carbocycles. The Bertz CT molecular complexity index is 803. The van der Waals surface area contributed by atoms with Crippen LogP contribution in [0.4, 0.5) is 0 Å². The van der Waals surface area contributed by atoms with Crippen LogP contribution in [0.3, 0.4) is 0 Å². The molecule has 0 amide bonds. The molecule has 0 aromatic heterocycles. The van der Waals surface area contributed by atoms with E-state index in [2.05, 4.69) is 84.4 Å². The Labute approximate surface area is 135 Å². The molecule has 0 nitrogen and oxygen atoms in total. The molecule has 0 spiro atoms. The quantitative estimate of drug-likeness (QED) is 0.484. The number of hydrogen-bond donors (Lipinski definition) is 0. The van der Waals surface area contributed by atoms with Gasteiger partial charge in [-0.3, -0.25) is 0 Å². The van der Waals surface area contributed by atoms with E-state index in [1.165, 1.54) is 37.6 Å². The van der Waals surface area contributed by atoms with Crippen molar-refractivity contribution in [1.82, 2.24) is 0 Å². The predicted molar refractivity (Wildman–Crippen MR) is 89.3 cm³/mol. The predicted octanol–water partition coefficient (Wildman–Crippen LogP) is 3.64. The molecule has 21 heavy (non-hydrogen) atoms. The molecule has 0 saturated carbocycles. The molecule has 1 aliphatic rings. The van der Waals surface area contributed by atoms with Gasteiger partial charge >= 0.3 is 135 Å². The molecular formula is C20H15Li. The molecule has 0 saturated heterocycles. The average Bonchev–Trinajstić information content (AvgIpc) is 2.91. The molecule has 0 aliphatic heterocycles. The molecule has 96 valence electrons. The van der Waals surface area contributed by atoms with Crippen LogP contribution in [0.15, 0.2) is 66.7 Å². The summed E-state index contributed by atoms with van der Waals surface area (Å²) in [5.74, 6) is 0. The molecule has 3 aromatic carbocycles. The van der Waals surface area contributed by atoms with Crippen LogP contribution >= 0.6 is 0 Å². The minimum atomic E-state index is 1.02. The first-order chi connectivity index (χ1) is 10.3. The van der Waals surface area contributed by atoms with E-state index >= 15 is 0 Å². The monoisotopic (exact) mass is 262 g/mol. The summed E-state index contributed by atoms with van der Waals surface area (Å²) in [5, 5.41) is 0. The molecule has 0 radical (unpaired) electrons. The summed E-state index contributed by atoms with van der Waals surface area (Å²) in [7, 11) is 0. The fraction of sp³-hybridized carbons (Fsp3) is 0.100. The number of benzene rings is 3. The molecule has 0 N–H and O–H groups in total. The van der Waals surface area contributed by atoms with Crippen molar-refractivity contribution in [1.29, 1.82) is 0 Å². The molecule has 0 bridgehead atoms. The van der Waals surface area contributed by atoms with E-state index in [1.807, 2.05) is 0 Å². The van der Waals surface area contributed by atoms with Gasteiger partial charge < -0.3 is 0 Å². The first-order valence-electron chi connectivity index (χ1n) is 7.56. The van der Waals surface area contributed by atoms with Gasteiger partial charge in [-0.25, -0.2) is 0 Å². The number of hydrogen-bond acceptors (Lipinski definition) is 0. The van der Waals surface area contributed by atoms with E-state index in [0.29, 0.717) is 0 Å². The van der Waals surface area contributed by atoms with Crippen molar-refractivity contribution in [2.45, 2.75) is 12.8 Å². The van der Waals surface area contributed by atoms with Crippen LogP contribution in [0, 0.1) is 0 Å². The van der Waals surface area contributed by atoms with Crippen LogP contribution in [-0.2, 0) is 12.8 Å². The van der Waals surface area contributed by atoms with Gasteiger partial charge in [0.25, 0.3) is 0 Å². The van der Waals surface area contributed by atoms with Crippen LogP contribution in [0.5, 0.6) is 0 Å². The average molecular weight is 262 g/mol. The second-order valence-electron chi connectivity index (χ2n) is 5.87. The molecule has 3 aromatic rings. The van der Waals surface area contributed by atoms with Gasteiger partial charge in [-0.15, -0.1) is 0 Å². The standard InChI is InChI=1S/C20H15.Li/c1-2-6-15(7-3-1)12-16-10-11-20-18(13-16)14-17-8-4-5-9-19(17)20;/h1-11H,12,14H2;. The summed E-state index contributed by atoms with van der Waals surface area (Å²) >= 11 is 2.28. The summed E-state index contributed by atoms with van der Waals surface area (Å²) < 4.78 is 1.47. The number of fused-ring (bicyclic) bond motifs is 3. The van der Waals surface area contributed by atoms with Crippen LogP contribution in [0.25, 0.3) is 11.1 Å². The molecule has 4 rings (SSSR count). The Morgan fingerprint density at radius 1 is 0.762 bits per heavy atom. The Morgan fingerprint density at radius 3 is 2.38 bits per heavy atom. The van der Waals surface area contributed by atoms with Gasteiger partial charge in [0.1, 0.15) is 0 Å². The van der Waals surface area contributed by atoms with Crippen LogP contribution in [-0.4, -0.2) is 17.7 Å². The summed E-state index contributed by atoms with van der Waals surface area (Å²) in [6.07, 6.45) is 2.11. The Balaban J connectivity index is 1.76. The minimum absolute atomic E-state index is 1.02. The van der Waals surface area contributed by atoms with Crippen LogP contribution in [0.1, 0.15) is 22.3 Å². The van der Waals surface area contributed by atoms with Crippen LogP contribution < -0.4 is 4.24 Å². The third kappa shape index (κ3) is 2.26. The van der Waals surface area contributed by atoms with Gasteiger partial charge in [-0.2, -0.15) is 0 Å². The summed E-state index contributed by atoms with van der Waals surface area (Å²) in [4.78, 5) is 0. The maximum absolute atomic E-state index is 2.31. The van der Waals surface area contributed by atoms with Crippen molar-refractivity contribution in [3.05, 3.63) is 89.0 Å². The van der Waals surface area contributed by atoms with Gasteiger partial charge in [0, 0.05) is 0 Å². The molecule has 0 atom stereocenters. The molecule has 0 unspecified atom stereocenters. The zero-order valence-electron chi connectivity index (χ0n) is 12.3. The van der Waals surface area contributed by atoms with E-state index in [1.54, 1.807) is 0 Å². The second kappa shape index (κ2) is 5.23. The number of rotatable bonds is 2. The first-order valence-corrected chi connectivity index (χ1v) is 7.56. The fourth-order valence-electron chi connectivity index (χ4n) is 3.42. The van der Waals surface area contributed by atoms with Gasteiger partial charge in [0.05, 0.1) is 0 Å². The first kappa shape index (κ1) is 13.0. The van der Waals surface area contributed by atoms with Gasteiger partial charge in [-0.1, -0.05) is 0 Å². The Kier molecular flexibility index (Phi) is 3.22. The van der Waals surface area contributed by atoms with E-state index < -0.39 is 0 Å².